The predicted octanol–water partition coefficient (Wildman–Crippen LogP) is 4.16. The molecule has 0 aliphatic rings. The van der Waals surface area contributed by atoms with Crippen molar-refractivity contribution in [3.8, 4) is 5.75 Å². The van der Waals surface area contributed by atoms with E-state index in [1.807, 2.05) is 6.07 Å². The fourth-order valence-electron chi connectivity index (χ4n) is 1.54. The summed E-state index contributed by atoms with van der Waals surface area (Å²) in [6.07, 6.45) is 2.30. The minimum Gasteiger partial charge on any atom is -0.493 e. The molecule has 0 amide bonds. The molecule has 0 saturated heterocycles. The second kappa shape index (κ2) is 5.20. The van der Waals surface area contributed by atoms with E-state index >= 15 is 0 Å². The van der Waals surface area contributed by atoms with Gasteiger partial charge in [0.2, 0.25) is 0 Å². The number of ether oxygens (including phenoxy) is 1. The zero-order valence-electron chi connectivity index (χ0n) is 10.3. The first-order valence-corrected chi connectivity index (χ1v) is 5.78. The maximum Gasteiger partial charge on any atom is 0.123 e. The molecule has 0 radical (unpaired) electrons. The van der Waals surface area contributed by atoms with E-state index in [4.69, 9.17) is 4.74 Å². The van der Waals surface area contributed by atoms with Crippen molar-refractivity contribution in [1.29, 1.82) is 0 Å². The summed E-state index contributed by atoms with van der Waals surface area (Å²) >= 11 is 0. The molecule has 0 atom stereocenters. The molecule has 0 N–H and O–H groups in total. The molecule has 1 aromatic rings. The standard InChI is InChI=1S/C14H22O/c1-5-6-11-15-13-10-8-7-9-12(13)14(2,3)4/h7-10H,5-6,11H2,1-4H3. The van der Waals surface area contributed by atoms with Gasteiger partial charge in [0.25, 0.3) is 0 Å². The molecular formula is C14H22O. The lowest BCUT2D eigenvalue weighted by Crippen LogP contribution is -2.13. The molecule has 84 valence electrons. The minimum absolute atomic E-state index is 0.156. The number of para-hydroxylation sites is 1. The molecule has 1 aromatic carbocycles. The van der Waals surface area contributed by atoms with Crippen LogP contribution in [0.3, 0.4) is 0 Å². The van der Waals surface area contributed by atoms with Crippen molar-refractivity contribution in [3.05, 3.63) is 29.8 Å². The number of unbranched alkanes of at least 4 members (excludes halogenated alkanes) is 1. The fourth-order valence-corrected chi connectivity index (χ4v) is 1.54. The summed E-state index contributed by atoms with van der Waals surface area (Å²) in [6.45, 7) is 9.65. The molecule has 0 aliphatic heterocycles. The summed E-state index contributed by atoms with van der Waals surface area (Å²) in [7, 11) is 0. The fraction of sp³-hybridized carbons (Fsp3) is 0.571. The molecule has 0 heterocycles. The van der Waals surface area contributed by atoms with E-state index < -0.39 is 0 Å². The van der Waals surface area contributed by atoms with Gasteiger partial charge in [-0.1, -0.05) is 52.3 Å². The number of rotatable bonds is 4. The molecule has 0 saturated carbocycles. The van der Waals surface area contributed by atoms with Gasteiger partial charge < -0.3 is 4.74 Å². The van der Waals surface area contributed by atoms with Crippen LogP contribution in [0.5, 0.6) is 5.75 Å². The molecule has 1 nitrogen and oxygen atoms in total. The topological polar surface area (TPSA) is 9.23 Å². The van der Waals surface area contributed by atoms with E-state index in [9.17, 15) is 0 Å². The molecule has 0 fully saturated rings. The Hall–Kier alpha value is -0.980. The van der Waals surface area contributed by atoms with Crippen LogP contribution >= 0.6 is 0 Å². The van der Waals surface area contributed by atoms with Crippen molar-refractivity contribution in [2.45, 2.75) is 46.0 Å². The third-order valence-corrected chi connectivity index (χ3v) is 2.45. The zero-order valence-corrected chi connectivity index (χ0v) is 10.3. The van der Waals surface area contributed by atoms with Gasteiger partial charge in [-0.3, -0.25) is 0 Å². The largest absolute Gasteiger partial charge is 0.493 e. The predicted molar refractivity (Wildman–Crippen MR) is 65.5 cm³/mol. The van der Waals surface area contributed by atoms with Gasteiger partial charge in [0.1, 0.15) is 5.75 Å². The van der Waals surface area contributed by atoms with E-state index in [2.05, 4.69) is 45.9 Å². The highest BCUT2D eigenvalue weighted by Gasteiger charge is 2.17. The first-order valence-electron chi connectivity index (χ1n) is 5.78. The van der Waals surface area contributed by atoms with Crippen LogP contribution in [-0.4, -0.2) is 6.61 Å². The Bertz CT molecular complexity index is 296. The molecule has 0 bridgehead atoms. The van der Waals surface area contributed by atoms with Crippen molar-refractivity contribution in [3.63, 3.8) is 0 Å². The lowest BCUT2D eigenvalue weighted by Gasteiger charge is -2.22. The van der Waals surface area contributed by atoms with Gasteiger partial charge in [0.05, 0.1) is 6.61 Å². The van der Waals surface area contributed by atoms with E-state index in [0.29, 0.717) is 0 Å². The summed E-state index contributed by atoms with van der Waals surface area (Å²) < 4.78 is 5.80. The summed E-state index contributed by atoms with van der Waals surface area (Å²) in [6, 6.07) is 8.33. The molecule has 0 spiro atoms. The summed E-state index contributed by atoms with van der Waals surface area (Å²) in [5.41, 5.74) is 1.45. The second-order valence-corrected chi connectivity index (χ2v) is 4.95. The monoisotopic (exact) mass is 206 g/mol. The third kappa shape index (κ3) is 3.58. The normalized spacial score (nSPS) is 11.5. The first kappa shape index (κ1) is 12.1. The van der Waals surface area contributed by atoms with Crippen LogP contribution in [0.15, 0.2) is 24.3 Å². The minimum atomic E-state index is 0.156. The highest BCUT2D eigenvalue weighted by atomic mass is 16.5. The average Bonchev–Trinajstić information content (AvgIpc) is 2.17. The average molecular weight is 206 g/mol. The number of hydrogen-bond acceptors (Lipinski definition) is 1. The first-order chi connectivity index (χ1) is 7.05. The van der Waals surface area contributed by atoms with Crippen LogP contribution in [0.1, 0.15) is 46.1 Å². The Kier molecular flexibility index (Phi) is 4.19. The number of hydrogen-bond donors (Lipinski definition) is 0. The van der Waals surface area contributed by atoms with Crippen LogP contribution in [0.2, 0.25) is 0 Å². The van der Waals surface area contributed by atoms with E-state index in [1.54, 1.807) is 0 Å². The molecular weight excluding hydrogens is 184 g/mol. The van der Waals surface area contributed by atoms with Gasteiger partial charge in [-0.15, -0.1) is 0 Å². The Morgan fingerprint density at radius 3 is 2.40 bits per heavy atom. The van der Waals surface area contributed by atoms with Gasteiger partial charge in [0, 0.05) is 0 Å². The van der Waals surface area contributed by atoms with Crippen molar-refractivity contribution >= 4 is 0 Å². The molecule has 0 aromatic heterocycles. The Labute approximate surface area is 93.5 Å². The van der Waals surface area contributed by atoms with Crippen molar-refractivity contribution < 1.29 is 4.74 Å². The highest BCUT2D eigenvalue weighted by Crippen LogP contribution is 2.30. The summed E-state index contributed by atoms with van der Waals surface area (Å²) in [4.78, 5) is 0. The van der Waals surface area contributed by atoms with E-state index in [1.165, 1.54) is 12.0 Å². The van der Waals surface area contributed by atoms with Gasteiger partial charge in [0.15, 0.2) is 0 Å². The van der Waals surface area contributed by atoms with Crippen LogP contribution in [0.4, 0.5) is 0 Å². The van der Waals surface area contributed by atoms with E-state index in [0.717, 1.165) is 18.8 Å². The van der Waals surface area contributed by atoms with Crippen molar-refractivity contribution in [1.82, 2.24) is 0 Å². The van der Waals surface area contributed by atoms with Crippen LogP contribution in [-0.2, 0) is 5.41 Å². The molecule has 0 unspecified atom stereocenters. The van der Waals surface area contributed by atoms with Gasteiger partial charge in [-0.25, -0.2) is 0 Å². The van der Waals surface area contributed by atoms with Crippen LogP contribution in [0, 0.1) is 0 Å². The zero-order chi connectivity index (χ0) is 11.3. The molecule has 0 aliphatic carbocycles. The lowest BCUT2D eigenvalue weighted by atomic mass is 9.86. The quantitative estimate of drug-likeness (QED) is 0.672. The Morgan fingerprint density at radius 2 is 1.80 bits per heavy atom. The van der Waals surface area contributed by atoms with Gasteiger partial charge in [-0.2, -0.15) is 0 Å². The maximum absolute atomic E-state index is 5.80. The summed E-state index contributed by atoms with van der Waals surface area (Å²) in [5, 5.41) is 0. The van der Waals surface area contributed by atoms with Gasteiger partial charge in [-0.05, 0) is 23.5 Å². The smallest absolute Gasteiger partial charge is 0.123 e. The van der Waals surface area contributed by atoms with E-state index in [-0.39, 0.29) is 5.41 Å². The highest BCUT2D eigenvalue weighted by molar-refractivity contribution is 5.38. The number of benzene rings is 1. The molecule has 15 heavy (non-hydrogen) atoms. The van der Waals surface area contributed by atoms with Crippen LogP contribution < -0.4 is 4.74 Å². The SMILES string of the molecule is CCCCOc1ccccc1C(C)(C)C. The summed E-state index contributed by atoms with van der Waals surface area (Å²) in [5.74, 6) is 1.04. The molecule has 1 heteroatoms. The van der Waals surface area contributed by atoms with Crippen molar-refractivity contribution in [2.75, 3.05) is 6.61 Å². The van der Waals surface area contributed by atoms with Crippen LogP contribution in [0.25, 0.3) is 0 Å². The Morgan fingerprint density at radius 1 is 1.13 bits per heavy atom. The maximum atomic E-state index is 5.80. The molecule has 1 rings (SSSR count). The second-order valence-electron chi connectivity index (χ2n) is 4.95. The third-order valence-electron chi connectivity index (χ3n) is 2.45. The lowest BCUT2D eigenvalue weighted by molar-refractivity contribution is 0.301. The van der Waals surface area contributed by atoms with Crippen molar-refractivity contribution in [2.24, 2.45) is 0 Å². The van der Waals surface area contributed by atoms with Gasteiger partial charge >= 0.3 is 0 Å². The Balaban J connectivity index is 2.78.